The van der Waals surface area contributed by atoms with Crippen LogP contribution in [0.3, 0.4) is 0 Å². The molecule has 1 aliphatic rings. The maximum atomic E-state index is 11.3. The number of rotatable bonds is 1. The largest absolute Gasteiger partial charge is 0.384 e. The molecule has 0 saturated carbocycles. The summed E-state index contributed by atoms with van der Waals surface area (Å²) in [6.07, 6.45) is 3.21. The molecule has 0 spiro atoms. The Morgan fingerprint density at radius 1 is 1.46 bits per heavy atom. The van der Waals surface area contributed by atoms with E-state index in [0.717, 1.165) is 18.7 Å². The van der Waals surface area contributed by atoms with E-state index in [2.05, 4.69) is 4.98 Å². The zero-order chi connectivity index (χ0) is 9.26. The van der Waals surface area contributed by atoms with E-state index in [1.807, 2.05) is 6.07 Å². The van der Waals surface area contributed by atoms with Crippen molar-refractivity contribution >= 4 is 17.4 Å². The third-order valence-corrected chi connectivity index (χ3v) is 2.16. The maximum Gasteiger partial charge on any atom is 0.227 e. The Hall–Kier alpha value is -1.58. The molecule has 0 unspecified atom stereocenters. The SMILES string of the molecule is Nc1ccc(N2CCCC2=O)cn1. The Balaban J connectivity index is 2.25. The molecule has 4 heteroatoms. The molecular weight excluding hydrogens is 166 g/mol. The summed E-state index contributed by atoms with van der Waals surface area (Å²) in [5, 5.41) is 0. The summed E-state index contributed by atoms with van der Waals surface area (Å²) in [6, 6.07) is 3.53. The molecular formula is C9H11N3O. The third-order valence-electron chi connectivity index (χ3n) is 2.16. The Kier molecular flexibility index (Phi) is 1.88. The van der Waals surface area contributed by atoms with Crippen LogP contribution in [0.15, 0.2) is 18.3 Å². The normalized spacial score (nSPS) is 16.6. The molecule has 1 saturated heterocycles. The van der Waals surface area contributed by atoms with Crippen LogP contribution >= 0.6 is 0 Å². The van der Waals surface area contributed by atoms with Crippen molar-refractivity contribution in [1.29, 1.82) is 0 Å². The molecule has 0 atom stereocenters. The van der Waals surface area contributed by atoms with Crippen molar-refractivity contribution in [3.05, 3.63) is 18.3 Å². The van der Waals surface area contributed by atoms with Crippen LogP contribution in [-0.2, 0) is 4.79 Å². The standard InChI is InChI=1S/C9H11N3O/c10-8-4-3-7(6-11-8)12-5-1-2-9(12)13/h3-4,6H,1-2,5H2,(H2,10,11). The van der Waals surface area contributed by atoms with Gasteiger partial charge in [0.2, 0.25) is 5.91 Å². The Morgan fingerprint density at radius 3 is 2.85 bits per heavy atom. The number of carbonyl (C=O) groups excluding carboxylic acids is 1. The van der Waals surface area contributed by atoms with Gasteiger partial charge in [0.05, 0.1) is 11.9 Å². The van der Waals surface area contributed by atoms with Crippen molar-refractivity contribution in [2.45, 2.75) is 12.8 Å². The second kappa shape index (κ2) is 3.05. The summed E-state index contributed by atoms with van der Waals surface area (Å²) in [6.45, 7) is 0.796. The monoisotopic (exact) mass is 177 g/mol. The van der Waals surface area contributed by atoms with Crippen molar-refractivity contribution in [3.63, 3.8) is 0 Å². The highest BCUT2D eigenvalue weighted by Gasteiger charge is 2.21. The summed E-state index contributed by atoms with van der Waals surface area (Å²) >= 11 is 0. The fraction of sp³-hybridized carbons (Fsp3) is 0.333. The average Bonchev–Trinajstić information content (AvgIpc) is 2.53. The van der Waals surface area contributed by atoms with Gasteiger partial charge in [0.1, 0.15) is 5.82 Å². The highest BCUT2D eigenvalue weighted by atomic mass is 16.2. The number of nitrogen functional groups attached to an aromatic ring is 1. The number of hydrogen-bond donors (Lipinski definition) is 1. The number of amides is 1. The first kappa shape index (κ1) is 8.04. The predicted molar refractivity (Wildman–Crippen MR) is 50.2 cm³/mol. The second-order valence-electron chi connectivity index (χ2n) is 3.09. The zero-order valence-electron chi connectivity index (χ0n) is 7.23. The summed E-state index contributed by atoms with van der Waals surface area (Å²) < 4.78 is 0. The number of hydrogen-bond acceptors (Lipinski definition) is 3. The summed E-state index contributed by atoms with van der Waals surface area (Å²) in [7, 11) is 0. The van der Waals surface area contributed by atoms with E-state index in [9.17, 15) is 4.79 Å². The van der Waals surface area contributed by atoms with Crippen molar-refractivity contribution < 1.29 is 4.79 Å². The van der Waals surface area contributed by atoms with E-state index in [1.54, 1.807) is 17.2 Å². The maximum absolute atomic E-state index is 11.3. The molecule has 2 heterocycles. The van der Waals surface area contributed by atoms with E-state index in [-0.39, 0.29) is 5.91 Å². The van der Waals surface area contributed by atoms with Crippen LogP contribution in [0.25, 0.3) is 0 Å². The molecule has 1 aliphatic heterocycles. The Morgan fingerprint density at radius 2 is 2.31 bits per heavy atom. The van der Waals surface area contributed by atoms with E-state index in [1.165, 1.54) is 0 Å². The molecule has 2 N–H and O–H groups in total. The quantitative estimate of drug-likeness (QED) is 0.690. The number of pyridine rings is 1. The highest BCUT2D eigenvalue weighted by Crippen LogP contribution is 2.20. The average molecular weight is 177 g/mol. The Labute approximate surface area is 76.4 Å². The van der Waals surface area contributed by atoms with E-state index < -0.39 is 0 Å². The molecule has 4 nitrogen and oxygen atoms in total. The van der Waals surface area contributed by atoms with Crippen LogP contribution < -0.4 is 10.6 Å². The molecule has 0 aliphatic carbocycles. The third kappa shape index (κ3) is 1.47. The van der Waals surface area contributed by atoms with Gasteiger partial charge in [-0.15, -0.1) is 0 Å². The molecule has 1 fully saturated rings. The molecule has 0 aromatic carbocycles. The van der Waals surface area contributed by atoms with Crippen LogP contribution in [0, 0.1) is 0 Å². The summed E-state index contributed by atoms with van der Waals surface area (Å²) in [5.41, 5.74) is 6.29. The van der Waals surface area contributed by atoms with Gasteiger partial charge in [-0.05, 0) is 18.6 Å². The first-order valence-corrected chi connectivity index (χ1v) is 4.29. The number of anilines is 2. The molecule has 1 aromatic rings. The van der Waals surface area contributed by atoms with Gasteiger partial charge in [-0.1, -0.05) is 0 Å². The minimum absolute atomic E-state index is 0.173. The number of aromatic nitrogens is 1. The van der Waals surface area contributed by atoms with Crippen molar-refractivity contribution in [3.8, 4) is 0 Å². The summed E-state index contributed by atoms with van der Waals surface area (Å²) in [5.74, 6) is 0.655. The van der Waals surface area contributed by atoms with Gasteiger partial charge in [0.25, 0.3) is 0 Å². The van der Waals surface area contributed by atoms with E-state index in [4.69, 9.17) is 5.73 Å². The number of nitrogens with zero attached hydrogens (tertiary/aromatic N) is 2. The van der Waals surface area contributed by atoms with Gasteiger partial charge in [-0.25, -0.2) is 4.98 Å². The first-order valence-electron chi connectivity index (χ1n) is 4.29. The van der Waals surface area contributed by atoms with Gasteiger partial charge in [0.15, 0.2) is 0 Å². The number of carbonyl (C=O) groups is 1. The van der Waals surface area contributed by atoms with Crippen LogP contribution in [0.5, 0.6) is 0 Å². The van der Waals surface area contributed by atoms with Crippen LogP contribution in [0.4, 0.5) is 11.5 Å². The van der Waals surface area contributed by atoms with Gasteiger partial charge in [-0.2, -0.15) is 0 Å². The minimum Gasteiger partial charge on any atom is -0.384 e. The number of nitrogens with two attached hydrogens (primary N) is 1. The van der Waals surface area contributed by atoms with Crippen LogP contribution in [0.1, 0.15) is 12.8 Å². The zero-order valence-corrected chi connectivity index (χ0v) is 7.23. The van der Waals surface area contributed by atoms with Gasteiger partial charge in [0, 0.05) is 13.0 Å². The second-order valence-corrected chi connectivity index (χ2v) is 3.09. The Bertz CT molecular complexity index is 320. The highest BCUT2D eigenvalue weighted by molar-refractivity contribution is 5.95. The van der Waals surface area contributed by atoms with Crippen LogP contribution in [-0.4, -0.2) is 17.4 Å². The smallest absolute Gasteiger partial charge is 0.227 e. The lowest BCUT2D eigenvalue weighted by molar-refractivity contribution is -0.117. The van der Waals surface area contributed by atoms with E-state index in [0.29, 0.717) is 12.2 Å². The lowest BCUT2D eigenvalue weighted by atomic mass is 10.3. The topological polar surface area (TPSA) is 59.2 Å². The van der Waals surface area contributed by atoms with Crippen molar-refractivity contribution in [1.82, 2.24) is 4.98 Å². The fourth-order valence-electron chi connectivity index (χ4n) is 1.48. The summed E-state index contributed by atoms with van der Waals surface area (Å²) in [4.78, 5) is 17.0. The predicted octanol–water partition coefficient (Wildman–Crippen LogP) is 0.791. The molecule has 2 rings (SSSR count). The van der Waals surface area contributed by atoms with Gasteiger partial charge in [-0.3, -0.25) is 4.79 Å². The lowest BCUT2D eigenvalue weighted by Gasteiger charge is -2.14. The van der Waals surface area contributed by atoms with Gasteiger partial charge < -0.3 is 10.6 Å². The molecule has 68 valence electrons. The molecule has 1 aromatic heterocycles. The van der Waals surface area contributed by atoms with Crippen LogP contribution in [0.2, 0.25) is 0 Å². The van der Waals surface area contributed by atoms with Gasteiger partial charge >= 0.3 is 0 Å². The molecule has 13 heavy (non-hydrogen) atoms. The lowest BCUT2D eigenvalue weighted by Crippen LogP contribution is -2.23. The van der Waals surface area contributed by atoms with E-state index >= 15 is 0 Å². The fourth-order valence-corrected chi connectivity index (χ4v) is 1.48. The first-order chi connectivity index (χ1) is 6.27. The molecule has 0 radical (unpaired) electrons. The molecule has 0 bridgehead atoms. The van der Waals surface area contributed by atoms with Crippen molar-refractivity contribution in [2.75, 3.05) is 17.2 Å². The minimum atomic E-state index is 0.173. The molecule has 1 amide bonds. The van der Waals surface area contributed by atoms with Crippen molar-refractivity contribution in [2.24, 2.45) is 0 Å².